The van der Waals surface area contributed by atoms with Gasteiger partial charge in [-0.2, -0.15) is 0 Å². The molecule has 3 aromatic carbocycles. The first kappa shape index (κ1) is 34.9. The van der Waals surface area contributed by atoms with Gasteiger partial charge in [0.2, 0.25) is 12.3 Å². The summed E-state index contributed by atoms with van der Waals surface area (Å²) in [6.07, 6.45) is 3.82. The highest BCUT2D eigenvalue weighted by Gasteiger charge is 2.20. The lowest BCUT2D eigenvalue weighted by molar-refractivity contribution is 0.186. The van der Waals surface area contributed by atoms with Crippen LogP contribution < -0.4 is 43.0 Å². The molecule has 0 spiro atoms. The van der Waals surface area contributed by atoms with Crippen molar-refractivity contribution in [2.24, 2.45) is 16.5 Å². The van der Waals surface area contributed by atoms with Crippen molar-refractivity contribution < 1.29 is 9.50 Å². The summed E-state index contributed by atoms with van der Waals surface area (Å²) in [6.45, 7) is 3.70. The summed E-state index contributed by atoms with van der Waals surface area (Å²) in [5.74, 6) is 0.118. The van der Waals surface area contributed by atoms with Gasteiger partial charge in [-0.05, 0) is 86.2 Å². The van der Waals surface area contributed by atoms with E-state index in [1.54, 1.807) is 23.2 Å². The van der Waals surface area contributed by atoms with Crippen molar-refractivity contribution in [3.63, 3.8) is 0 Å². The largest absolute Gasteiger partial charge is 0.370 e. The summed E-state index contributed by atoms with van der Waals surface area (Å²) in [5, 5.41) is 29.1. The summed E-state index contributed by atoms with van der Waals surface area (Å²) in [6, 6.07) is 21.1. The number of benzene rings is 3. The van der Waals surface area contributed by atoms with Crippen LogP contribution in [0.1, 0.15) is 37.3 Å². The van der Waals surface area contributed by atoms with Gasteiger partial charge in [-0.3, -0.25) is 5.41 Å². The molecule has 0 bridgehead atoms. The number of H-pyrrole nitrogens is 2. The zero-order valence-corrected chi connectivity index (χ0v) is 28.6. The minimum Gasteiger partial charge on any atom is -0.370 e. The predicted molar refractivity (Wildman–Crippen MR) is 198 cm³/mol. The van der Waals surface area contributed by atoms with Crippen LogP contribution in [0.5, 0.6) is 0 Å². The van der Waals surface area contributed by atoms with Gasteiger partial charge in [-0.25, -0.2) is 14.4 Å². The minimum absolute atomic E-state index is 0.0436. The maximum absolute atomic E-state index is 15.2. The predicted octanol–water partition coefficient (Wildman–Crippen LogP) is 3.62. The van der Waals surface area contributed by atoms with Gasteiger partial charge in [-0.1, -0.05) is 35.9 Å². The Hall–Kier alpha value is -4.95. The normalized spacial score (nSPS) is 15.2. The molecular formula is C36H43ClFN11O. The van der Waals surface area contributed by atoms with Crippen LogP contribution in [-0.4, -0.2) is 57.5 Å². The van der Waals surface area contributed by atoms with Crippen LogP contribution in [0.2, 0.25) is 5.02 Å². The second-order valence-corrected chi connectivity index (χ2v) is 13.1. The van der Waals surface area contributed by atoms with Crippen LogP contribution >= 0.6 is 11.6 Å². The molecule has 0 aliphatic carbocycles. The molecule has 1 aliphatic rings. The summed E-state index contributed by atoms with van der Waals surface area (Å²) in [5.41, 5.74) is 17.3. The monoisotopic (exact) mass is 699 g/mol. The topological polar surface area (TPSA) is 192 Å². The number of guanidine groups is 1. The number of rotatable bonds is 15. The van der Waals surface area contributed by atoms with E-state index < -0.39 is 12.2 Å². The number of hydrogen-bond acceptors (Lipinski definition) is 8. The molecule has 3 heterocycles. The van der Waals surface area contributed by atoms with Crippen molar-refractivity contribution in [3.8, 4) is 11.3 Å². The van der Waals surface area contributed by atoms with Crippen molar-refractivity contribution in [2.45, 2.75) is 57.6 Å². The van der Waals surface area contributed by atoms with Gasteiger partial charge in [-0.15, -0.1) is 0 Å². The van der Waals surface area contributed by atoms with Crippen LogP contribution in [-0.2, 0) is 13.0 Å². The molecule has 3 atom stereocenters. The summed E-state index contributed by atoms with van der Waals surface area (Å²) >= 11 is 6.28. The highest BCUT2D eigenvalue weighted by Crippen LogP contribution is 2.29. The molecule has 50 heavy (non-hydrogen) atoms. The number of aliphatic hydroxyl groups is 1. The molecule has 14 heteroatoms. The summed E-state index contributed by atoms with van der Waals surface area (Å²) < 4.78 is 15.2. The van der Waals surface area contributed by atoms with E-state index in [9.17, 15) is 5.11 Å². The average Bonchev–Trinajstić information content (AvgIpc) is 3.70. The van der Waals surface area contributed by atoms with E-state index in [2.05, 4.69) is 35.9 Å². The number of nitrogens with one attached hydrogen (secondary N) is 6. The third-order valence-electron chi connectivity index (χ3n) is 8.64. The first-order valence-electron chi connectivity index (χ1n) is 16.7. The molecule has 1 unspecified atom stereocenters. The number of halogens is 2. The number of fused-ring (bicyclic) bond motifs is 2. The van der Waals surface area contributed by atoms with Crippen LogP contribution in [0.25, 0.3) is 28.5 Å². The summed E-state index contributed by atoms with van der Waals surface area (Å²) in [4.78, 5) is 17.2. The Morgan fingerprint density at radius 2 is 1.90 bits per heavy atom. The number of imidazole rings is 1. The second kappa shape index (κ2) is 15.7. The summed E-state index contributed by atoms with van der Waals surface area (Å²) in [7, 11) is 0. The van der Waals surface area contributed by atoms with Crippen LogP contribution in [0, 0.1) is 11.2 Å². The van der Waals surface area contributed by atoms with E-state index in [1.165, 1.54) is 0 Å². The molecule has 2 aromatic heterocycles. The van der Waals surface area contributed by atoms with E-state index in [1.807, 2.05) is 61.5 Å². The first-order valence-corrected chi connectivity index (χ1v) is 17.1. The third-order valence-corrected chi connectivity index (χ3v) is 8.92. The number of aliphatic hydroxyl groups excluding tert-OH is 1. The number of aryl methyl sites for hydroxylation is 1. The van der Waals surface area contributed by atoms with E-state index >= 15 is 4.39 Å². The fraction of sp³-hybridized carbons (Fsp3) is 0.306. The number of para-hydroxylation sites is 2. The van der Waals surface area contributed by atoms with Crippen LogP contribution in [0.15, 0.2) is 71.7 Å². The molecule has 0 radical (unpaired) electrons. The van der Waals surface area contributed by atoms with Gasteiger partial charge >= 0.3 is 0 Å². The number of aromatic nitrogens is 3. The minimum atomic E-state index is -1.17. The highest BCUT2D eigenvalue weighted by atomic mass is 35.5. The molecule has 12 nitrogen and oxygen atoms in total. The van der Waals surface area contributed by atoms with Crippen molar-refractivity contribution in [3.05, 3.63) is 99.4 Å². The lowest BCUT2D eigenvalue weighted by Crippen LogP contribution is -2.41. The van der Waals surface area contributed by atoms with E-state index in [-0.39, 0.29) is 23.1 Å². The van der Waals surface area contributed by atoms with Gasteiger partial charge in [0.25, 0.3) is 0 Å². The van der Waals surface area contributed by atoms with E-state index in [4.69, 9.17) is 28.5 Å². The third kappa shape index (κ3) is 8.61. The van der Waals surface area contributed by atoms with Crippen molar-refractivity contribution in [2.75, 3.05) is 23.3 Å². The maximum atomic E-state index is 15.2. The molecular weight excluding hydrogens is 657 g/mol. The van der Waals surface area contributed by atoms with Crippen LogP contribution in [0.4, 0.5) is 16.0 Å². The number of nitrogens with zero attached hydrogens (tertiary/aromatic N) is 3. The van der Waals surface area contributed by atoms with E-state index in [0.717, 1.165) is 53.5 Å². The molecule has 0 saturated heterocycles. The maximum Gasteiger partial charge on any atom is 0.231 e. The van der Waals surface area contributed by atoms with Gasteiger partial charge in [0, 0.05) is 54.4 Å². The Morgan fingerprint density at radius 3 is 2.66 bits per heavy atom. The molecule has 5 aromatic rings. The lowest BCUT2D eigenvalue weighted by Gasteiger charge is -2.25. The smallest absolute Gasteiger partial charge is 0.231 e. The zero-order valence-electron chi connectivity index (χ0n) is 27.8. The van der Waals surface area contributed by atoms with Crippen LogP contribution in [0.3, 0.4) is 0 Å². The van der Waals surface area contributed by atoms with Crippen molar-refractivity contribution in [1.82, 2.24) is 25.6 Å². The number of nitrogens with two attached hydrogens (primary N) is 2. The first-order chi connectivity index (χ1) is 24.1. The molecule has 262 valence electrons. The number of aromatic amines is 2. The van der Waals surface area contributed by atoms with Crippen molar-refractivity contribution >= 4 is 46.4 Å². The molecule has 6 rings (SSSR count). The second-order valence-electron chi connectivity index (χ2n) is 12.7. The Morgan fingerprint density at radius 1 is 1.10 bits per heavy atom. The lowest BCUT2D eigenvalue weighted by atomic mass is 10.0. The standard InChI is InChI=1S/C36H43ClFN11O/c1-21(39)5-4-6-23-15-27(32(38)28(37)16-23)31-17-24-20-49(36(50)48-33(24)45-31)26-11-9-22(10-12-26)18-43-25(13-14-42-34(40)41)19-44-35-46-29-7-2-3-8-30(29)47-35/h2-3,7-12,15-17,20-21,25,36,43,50H,4-6,13-14,18-19,39H2,1H3,(H,45,48)(H4,40,41,42)(H2,44,46,47)/t21-,25+,36?/m0/s1. The Balaban J connectivity index is 1.12. The molecule has 0 fully saturated rings. The highest BCUT2D eigenvalue weighted by molar-refractivity contribution is 6.31. The Labute approximate surface area is 294 Å². The molecule has 1 aliphatic heterocycles. The molecule has 11 N–H and O–H groups in total. The van der Waals surface area contributed by atoms with Gasteiger partial charge < -0.3 is 47.4 Å². The van der Waals surface area contributed by atoms with Gasteiger partial charge in [0.15, 0.2) is 11.8 Å². The molecule has 0 saturated carbocycles. The number of hydrogen-bond donors (Lipinski definition) is 9. The van der Waals surface area contributed by atoms with Gasteiger partial charge in [0.05, 0.1) is 21.7 Å². The van der Waals surface area contributed by atoms with Gasteiger partial charge in [0.1, 0.15) is 5.49 Å². The quantitative estimate of drug-likeness (QED) is 0.0584. The fourth-order valence-corrected chi connectivity index (χ4v) is 6.23. The van der Waals surface area contributed by atoms with Crippen molar-refractivity contribution in [1.29, 1.82) is 5.41 Å². The molecule has 0 amide bonds. The average molecular weight is 700 g/mol. The zero-order chi connectivity index (χ0) is 35.2. The fourth-order valence-electron chi connectivity index (χ4n) is 5.99. The number of anilines is 2. The Kier molecular flexibility index (Phi) is 11.0. The van der Waals surface area contributed by atoms with E-state index in [0.29, 0.717) is 47.5 Å². The SMILES string of the molecule is C[C@H](N)CCCc1cc(Cl)c(F)c(-c2cc3c([nH]2)=NC(O)N(c2ccc(CN[C@H](CCNC(=N)N)CNc4nc5ccccc5[nH]4)cc2)C=3)c1. The Bertz CT molecular complexity index is 2030.